The maximum Gasteiger partial charge on any atom is 0.309 e. The van der Waals surface area contributed by atoms with E-state index in [0.29, 0.717) is 12.8 Å². The second kappa shape index (κ2) is 5.41. The number of nitrogens with one attached hydrogen (secondary N) is 1. The Bertz CT molecular complexity index is 601. The lowest BCUT2D eigenvalue weighted by Gasteiger charge is -2.37. The van der Waals surface area contributed by atoms with Crippen LogP contribution in [0.15, 0.2) is 18.2 Å². The van der Waals surface area contributed by atoms with Crippen molar-refractivity contribution in [3.8, 4) is 0 Å². The number of carbonyl (C=O) groups is 2. The Hall–Kier alpha value is -1.84. The van der Waals surface area contributed by atoms with Crippen LogP contribution in [0, 0.1) is 30.6 Å². The van der Waals surface area contributed by atoms with E-state index in [1.54, 1.807) is 6.92 Å². The molecule has 0 radical (unpaired) electrons. The smallest absolute Gasteiger partial charge is 0.309 e. The molecule has 120 valence electrons. The van der Waals surface area contributed by atoms with Gasteiger partial charge in [0, 0.05) is 11.6 Å². The molecule has 1 aliphatic carbocycles. The van der Waals surface area contributed by atoms with Crippen molar-refractivity contribution in [3.63, 3.8) is 0 Å². The SMILES string of the molecule is Cc1cccc(C)c1NC(=O)[C@H]1CC[C@@](C)(C(=O)O)C1(C)C. The van der Waals surface area contributed by atoms with Crippen LogP contribution < -0.4 is 5.32 Å². The van der Waals surface area contributed by atoms with Crippen molar-refractivity contribution in [2.24, 2.45) is 16.7 Å². The molecule has 1 saturated carbocycles. The molecule has 1 aliphatic rings. The normalized spacial score (nSPS) is 26.7. The van der Waals surface area contributed by atoms with Gasteiger partial charge in [-0.2, -0.15) is 0 Å². The minimum Gasteiger partial charge on any atom is -0.481 e. The predicted molar refractivity (Wildman–Crippen MR) is 86.8 cm³/mol. The first-order valence-corrected chi connectivity index (χ1v) is 7.72. The van der Waals surface area contributed by atoms with Gasteiger partial charge in [0.25, 0.3) is 0 Å². The molecule has 22 heavy (non-hydrogen) atoms. The molecular formula is C18H25NO3. The van der Waals surface area contributed by atoms with Crippen molar-refractivity contribution in [2.75, 3.05) is 5.32 Å². The number of rotatable bonds is 3. The molecular weight excluding hydrogens is 278 g/mol. The summed E-state index contributed by atoms with van der Waals surface area (Å²) in [4.78, 5) is 24.4. The standard InChI is InChI=1S/C18H25NO3/c1-11-7-6-8-12(2)14(11)19-15(20)13-9-10-18(5,16(21)22)17(13,3)4/h6-8,13H,9-10H2,1-5H3,(H,19,20)(H,21,22)/t13-,18+/m1/s1. The first-order valence-electron chi connectivity index (χ1n) is 7.72. The van der Waals surface area contributed by atoms with Gasteiger partial charge in [-0.3, -0.25) is 9.59 Å². The Morgan fingerprint density at radius 1 is 1.18 bits per heavy atom. The minimum atomic E-state index is -0.865. The zero-order valence-corrected chi connectivity index (χ0v) is 14.0. The van der Waals surface area contributed by atoms with Gasteiger partial charge in [-0.25, -0.2) is 0 Å². The molecule has 2 atom stereocenters. The van der Waals surface area contributed by atoms with Crippen LogP contribution in [0.2, 0.25) is 0 Å². The summed E-state index contributed by atoms with van der Waals surface area (Å²) < 4.78 is 0. The van der Waals surface area contributed by atoms with Crippen LogP contribution in [-0.2, 0) is 9.59 Å². The number of carbonyl (C=O) groups excluding carboxylic acids is 1. The lowest BCUT2D eigenvalue weighted by molar-refractivity contribution is -0.154. The molecule has 4 heteroatoms. The molecule has 1 aromatic rings. The average molecular weight is 303 g/mol. The monoisotopic (exact) mass is 303 g/mol. The second-order valence-electron chi connectivity index (χ2n) is 7.21. The van der Waals surface area contributed by atoms with E-state index in [1.807, 2.05) is 45.9 Å². The molecule has 2 N–H and O–H groups in total. The summed E-state index contributed by atoms with van der Waals surface area (Å²) in [6, 6.07) is 5.88. The van der Waals surface area contributed by atoms with E-state index in [-0.39, 0.29) is 11.8 Å². The van der Waals surface area contributed by atoms with Gasteiger partial charge >= 0.3 is 5.97 Å². The Morgan fingerprint density at radius 3 is 2.18 bits per heavy atom. The third kappa shape index (κ3) is 2.40. The molecule has 0 bridgehead atoms. The summed E-state index contributed by atoms with van der Waals surface area (Å²) >= 11 is 0. The van der Waals surface area contributed by atoms with Crippen LogP contribution in [0.3, 0.4) is 0 Å². The first-order chi connectivity index (χ1) is 10.1. The molecule has 1 aromatic carbocycles. The van der Waals surface area contributed by atoms with E-state index in [4.69, 9.17) is 0 Å². The fourth-order valence-corrected chi connectivity index (χ4v) is 3.56. The van der Waals surface area contributed by atoms with Crippen molar-refractivity contribution >= 4 is 17.6 Å². The summed E-state index contributed by atoms with van der Waals surface area (Å²) in [5.41, 5.74) is 1.43. The maximum atomic E-state index is 12.7. The zero-order chi connectivity index (χ0) is 16.7. The molecule has 1 fully saturated rings. The van der Waals surface area contributed by atoms with Gasteiger partial charge in [0.1, 0.15) is 0 Å². The van der Waals surface area contributed by atoms with Crippen LogP contribution in [-0.4, -0.2) is 17.0 Å². The van der Waals surface area contributed by atoms with E-state index >= 15 is 0 Å². The van der Waals surface area contributed by atoms with Crippen LogP contribution in [0.25, 0.3) is 0 Å². The molecule has 0 aromatic heterocycles. The Labute approximate surface area is 131 Å². The van der Waals surface area contributed by atoms with Crippen molar-refractivity contribution in [1.29, 1.82) is 0 Å². The number of anilines is 1. The molecule has 0 spiro atoms. The lowest BCUT2D eigenvalue weighted by Crippen LogP contribution is -2.43. The van der Waals surface area contributed by atoms with Crippen LogP contribution in [0.4, 0.5) is 5.69 Å². The van der Waals surface area contributed by atoms with Crippen LogP contribution >= 0.6 is 0 Å². The van der Waals surface area contributed by atoms with E-state index in [0.717, 1.165) is 16.8 Å². The molecule has 0 saturated heterocycles. The highest BCUT2D eigenvalue weighted by Gasteiger charge is 2.58. The fourth-order valence-electron chi connectivity index (χ4n) is 3.56. The van der Waals surface area contributed by atoms with Crippen molar-refractivity contribution in [1.82, 2.24) is 0 Å². The number of benzene rings is 1. The van der Waals surface area contributed by atoms with Gasteiger partial charge in [-0.1, -0.05) is 32.0 Å². The number of aryl methyl sites for hydroxylation is 2. The predicted octanol–water partition coefficient (Wildman–Crippen LogP) is 3.77. The summed E-state index contributed by atoms with van der Waals surface area (Å²) in [7, 11) is 0. The highest BCUT2D eigenvalue weighted by molar-refractivity contribution is 5.95. The van der Waals surface area contributed by atoms with E-state index < -0.39 is 16.8 Å². The van der Waals surface area contributed by atoms with E-state index in [2.05, 4.69) is 5.32 Å². The van der Waals surface area contributed by atoms with E-state index in [1.165, 1.54) is 0 Å². The van der Waals surface area contributed by atoms with Crippen molar-refractivity contribution in [2.45, 2.75) is 47.5 Å². The third-order valence-corrected chi connectivity index (χ3v) is 5.74. The largest absolute Gasteiger partial charge is 0.481 e. The molecule has 2 rings (SSSR count). The average Bonchev–Trinajstić information content (AvgIpc) is 2.66. The Kier molecular flexibility index (Phi) is 4.07. The molecule has 1 amide bonds. The number of aliphatic carboxylic acids is 1. The molecule has 0 aliphatic heterocycles. The number of para-hydroxylation sites is 1. The van der Waals surface area contributed by atoms with Gasteiger partial charge in [-0.05, 0) is 50.2 Å². The molecule has 0 unspecified atom stereocenters. The lowest BCUT2D eigenvalue weighted by atomic mass is 9.65. The van der Waals surface area contributed by atoms with Gasteiger partial charge in [0.15, 0.2) is 0 Å². The molecule has 4 nitrogen and oxygen atoms in total. The summed E-state index contributed by atoms with van der Waals surface area (Å²) in [6.45, 7) is 9.46. The van der Waals surface area contributed by atoms with E-state index in [9.17, 15) is 14.7 Å². The Balaban J connectivity index is 2.27. The van der Waals surface area contributed by atoms with Crippen molar-refractivity contribution in [3.05, 3.63) is 29.3 Å². The topological polar surface area (TPSA) is 66.4 Å². The van der Waals surface area contributed by atoms with Crippen molar-refractivity contribution < 1.29 is 14.7 Å². The summed E-state index contributed by atoms with van der Waals surface area (Å²) in [6.07, 6.45) is 1.13. The number of hydrogen-bond acceptors (Lipinski definition) is 2. The highest BCUT2D eigenvalue weighted by Crippen LogP contribution is 2.56. The van der Waals surface area contributed by atoms with Gasteiger partial charge in [0.05, 0.1) is 5.41 Å². The van der Waals surface area contributed by atoms with Gasteiger partial charge in [-0.15, -0.1) is 0 Å². The van der Waals surface area contributed by atoms with Gasteiger partial charge < -0.3 is 10.4 Å². The number of carboxylic acid groups (broad SMARTS) is 1. The summed E-state index contributed by atoms with van der Waals surface area (Å²) in [5, 5.41) is 12.6. The van der Waals surface area contributed by atoms with Gasteiger partial charge in [0.2, 0.25) is 5.91 Å². The highest BCUT2D eigenvalue weighted by atomic mass is 16.4. The Morgan fingerprint density at radius 2 is 1.73 bits per heavy atom. The number of hydrogen-bond donors (Lipinski definition) is 2. The molecule has 0 heterocycles. The number of amides is 1. The van der Waals surface area contributed by atoms with Crippen LogP contribution in [0.1, 0.15) is 44.7 Å². The summed E-state index contributed by atoms with van der Waals surface area (Å²) in [5.74, 6) is -1.19. The first kappa shape index (κ1) is 16.5. The quantitative estimate of drug-likeness (QED) is 0.893. The fraction of sp³-hybridized carbons (Fsp3) is 0.556. The maximum absolute atomic E-state index is 12.7. The zero-order valence-electron chi connectivity index (χ0n) is 14.0. The van der Waals surface area contributed by atoms with Crippen LogP contribution in [0.5, 0.6) is 0 Å². The minimum absolute atomic E-state index is 0.0765. The second-order valence-corrected chi connectivity index (χ2v) is 7.21. The third-order valence-electron chi connectivity index (χ3n) is 5.74. The number of carboxylic acids is 1.